The lowest BCUT2D eigenvalue weighted by Gasteiger charge is -2.15. The van der Waals surface area contributed by atoms with Gasteiger partial charge in [-0.05, 0) is 6.07 Å². The van der Waals surface area contributed by atoms with Crippen molar-refractivity contribution in [2.45, 2.75) is 12.4 Å². The van der Waals surface area contributed by atoms with Crippen LogP contribution in [0, 0.1) is 10.1 Å². The highest BCUT2D eigenvalue weighted by Crippen LogP contribution is 2.45. The van der Waals surface area contributed by atoms with E-state index in [1.807, 2.05) is 0 Å². The number of nitrogens with two attached hydrogens (primary N) is 1. The van der Waals surface area contributed by atoms with Crippen LogP contribution in [0.25, 0.3) is 0 Å². The minimum atomic E-state index is -5.35. The average Bonchev–Trinajstić information content (AvgIpc) is 2.12. The van der Waals surface area contributed by atoms with Crippen LogP contribution >= 0.6 is 0 Å². The first kappa shape index (κ1) is 14.1. The Morgan fingerprint density at radius 1 is 1.06 bits per heavy atom. The zero-order chi connectivity index (χ0) is 14.3. The molecule has 0 saturated heterocycles. The molecule has 0 spiro atoms. The number of alkyl halides is 6. The summed E-state index contributed by atoms with van der Waals surface area (Å²) in [7, 11) is 0. The number of rotatable bonds is 1. The Hall–Kier alpha value is -2.00. The second-order valence-corrected chi connectivity index (χ2v) is 3.17. The number of hydrogen-bond acceptors (Lipinski definition) is 3. The molecule has 4 nitrogen and oxygen atoms in total. The third kappa shape index (κ3) is 2.46. The molecule has 0 unspecified atom stereocenters. The summed E-state index contributed by atoms with van der Waals surface area (Å²) in [5, 5.41) is 10.4. The summed E-state index contributed by atoms with van der Waals surface area (Å²) in [5.74, 6) is 0. The summed E-state index contributed by atoms with van der Waals surface area (Å²) in [4.78, 5) is 8.91. The van der Waals surface area contributed by atoms with Crippen molar-refractivity contribution in [1.29, 1.82) is 0 Å². The molecule has 0 aromatic heterocycles. The molecule has 2 N–H and O–H groups in total. The molecular weight excluding hydrogens is 270 g/mol. The SMILES string of the molecule is Nc1c(C(F)(F)F)ccc([N+](=O)[O-])c1C(F)(F)F. The van der Waals surface area contributed by atoms with Crippen molar-refractivity contribution in [1.82, 2.24) is 0 Å². The largest absolute Gasteiger partial charge is 0.425 e. The molecular formula is C8H4F6N2O2. The zero-order valence-corrected chi connectivity index (χ0v) is 8.26. The minimum Gasteiger partial charge on any atom is -0.398 e. The first-order valence-electron chi connectivity index (χ1n) is 4.17. The summed E-state index contributed by atoms with van der Waals surface area (Å²) >= 11 is 0. The summed E-state index contributed by atoms with van der Waals surface area (Å²) in [6.07, 6.45) is -10.5. The second-order valence-electron chi connectivity index (χ2n) is 3.17. The molecule has 0 aliphatic carbocycles. The summed E-state index contributed by atoms with van der Waals surface area (Å²) in [6.45, 7) is 0. The molecule has 0 saturated carbocycles. The Morgan fingerprint density at radius 3 is 1.89 bits per heavy atom. The first-order chi connectivity index (χ1) is 7.96. The number of nitro groups is 1. The van der Waals surface area contributed by atoms with Crippen LogP contribution in [0.15, 0.2) is 12.1 Å². The highest BCUT2D eigenvalue weighted by atomic mass is 19.4. The minimum absolute atomic E-state index is 0.127. The summed E-state index contributed by atoms with van der Waals surface area (Å²) in [6, 6.07) is 0.269. The van der Waals surface area contributed by atoms with Crippen molar-refractivity contribution >= 4 is 11.4 Å². The molecule has 0 amide bonds. The summed E-state index contributed by atoms with van der Waals surface area (Å²) < 4.78 is 74.5. The van der Waals surface area contributed by atoms with Crippen LogP contribution in [0.2, 0.25) is 0 Å². The van der Waals surface area contributed by atoms with E-state index in [1.54, 1.807) is 0 Å². The fourth-order valence-corrected chi connectivity index (χ4v) is 1.31. The quantitative estimate of drug-likeness (QED) is 0.370. The lowest BCUT2D eigenvalue weighted by atomic mass is 10.0. The van der Waals surface area contributed by atoms with Crippen molar-refractivity contribution < 1.29 is 31.3 Å². The summed E-state index contributed by atoms with van der Waals surface area (Å²) in [5.41, 5.74) is -2.33. The third-order valence-corrected chi connectivity index (χ3v) is 2.01. The van der Waals surface area contributed by atoms with Crippen molar-refractivity contribution in [3.8, 4) is 0 Å². The molecule has 1 aromatic carbocycles. The van der Waals surface area contributed by atoms with Gasteiger partial charge >= 0.3 is 12.4 Å². The van der Waals surface area contributed by atoms with Gasteiger partial charge in [-0.1, -0.05) is 0 Å². The number of benzene rings is 1. The van der Waals surface area contributed by atoms with Gasteiger partial charge in [0.05, 0.1) is 16.2 Å². The van der Waals surface area contributed by atoms with E-state index in [-0.39, 0.29) is 12.1 Å². The average molecular weight is 274 g/mol. The standard InChI is InChI=1S/C8H4F6N2O2/c9-7(10,11)3-1-2-4(16(17)18)5(6(3)15)8(12,13)14/h1-2H,15H2. The van der Waals surface area contributed by atoms with Gasteiger partial charge in [0.2, 0.25) is 0 Å². The third-order valence-electron chi connectivity index (χ3n) is 2.01. The number of hydrogen-bond donors (Lipinski definition) is 1. The molecule has 0 fully saturated rings. The van der Waals surface area contributed by atoms with Crippen LogP contribution < -0.4 is 5.73 Å². The Labute approximate surface area is 95.1 Å². The molecule has 100 valence electrons. The van der Waals surface area contributed by atoms with E-state index in [4.69, 9.17) is 5.73 Å². The van der Waals surface area contributed by atoms with Gasteiger partial charge in [-0.15, -0.1) is 0 Å². The van der Waals surface area contributed by atoms with Gasteiger partial charge in [-0.25, -0.2) is 0 Å². The van der Waals surface area contributed by atoms with Crippen molar-refractivity contribution in [2.24, 2.45) is 0 Å². The van der Waals surface area contributed by atoms with Crippen LogP contribution in [0.3, 0.4) is 0 Å². The number of nitrogen functional groups attached to an aromatic ring is 1. The van der Waals surface area contributed by atoms with E-state index >= 15 is 0 Å². The maximum atomic E-state index is 12.5. The van der Waals surface area contributed by atoms with Crippen molar-refractivity contribution in [3.63, 3.8) is 0 Å². The van der Waals surface area contributed by atoms with Gasteiger partial charge in [-0.3, -0.25) is 10.1 Å². The fourth-order valence-electron chi connectivity index (χ4n) is 1.31. The normalized spacial score (nSPS) is 12.6. The molecule has 1 aromatic rings. The molecule has 0 heterocycles. The van der Waals surface area contributed by atoms with Crippen LogP contribution in [0.1, 0.15) is 11.1 Å². The molecule has 18 heavy (non-hydrogen) atoms. The Morgan fingerprint density at radius 2 is 1.56 bits per heavy atom. The maximum Gasteiger partial charge on any atom is 0.425 e. The lowest BCUT2D eigenvalue weighted by molar-refractivity contribution is -0.388. The van der Waals surface area contributed by atoms with E-state index < -0.39 is 39.8 Å². The molecule has 0 aliphatic rings. The smallest absolute Gasteiger partial charge is 0.398 e. The lowest BCUT2D eigenvalue weighted by Crippen LogP contribution is -2.17. The zero-order valence-electron chi connectivity index (χ0n) is 8.26. The van der Waals surface area contributed by atoms with Crippen LogP contribution in [-0.4, -0.2) is 4.92 Å². The van der Waals surface area contributed by atoms with Gasteiger partial charge in [0.25, 0.3) is 5.69 Å². The highest BCUT2D eigenvalue weighted by Gasteiger charge is 2.45. The number of nitro benzene ring substituents is 1. The molecule has 10 heteroatoms. The predicted molar refractivity (Wildman–Crippen MR) is 47.5 cm³/mol. The van der Waals surface area contributed by atoms with E-state index in [1.165, 1.54) is 0 Å². The van der Waals surface area contributed by atoms with Crippen molar-refractivity contribution in [2.75, 3.05) is 5.73 Å². The van der Waals surface area contributed by atoms with Crippen LogP contribution in [-0.2, 0) is 12.4 Å². The molecule has 0 bridgehead atoms. The Kier molecular flexibility index (Phi) is 3.15. The monoisotopic (exact) mass is 274 g/mol. The van der Waals surface area contributed by atoms with Crippen LogP contribution in [0.4, 0.5) is 37.7 Å². The number of halogens is 6. The Balaban J connectivity index is 3.67. The van der Waals surface area contributed by atoms with E-state index in [0.717, 1.165) is 0 Å². The second kappa shape index (κ2) is 4.03. The molecule has 0 aliphatic heterocycles. The van der Waals surface area contributed by atoms with Crippen molar-refractivity contribution in [3.05, 3.63) is 33.4 Å². The fraction of sp³-hybridized carbons (Fsp3) is 0.250. The van der Waals surface area contributed by atoms with Gasteiger partial charge in [-0.2, -0.15) is 26.3 Å². The molecule has 0 radical (unpaired) electrons. The highest BCUT2D eigenvalue weighted by molar-refractivity contribution is 5.64. The Bertz CT molecular complexity index is 494. The van der Waals surface area contributed by atoms with Gasteiger partial charge in [0.1, 0.15) is 0 Å². The van der Waals surface area contributed by atoms with Gasteiger partial charge in [0, 0.05) is 6.07 Å². The molecule has 1 rings (SSSR count). The number of anilines is 1. The van der Waals surface area contributed by atoms with E-state index in [9.17, 15) is 36.5 Å². The van der Waals surface area contributed by atoms with Crippen LogP contribution in [0.5, 0.6) is 0 Å². The van der Waals surface area contributed by atoms with Gasteiger partial charge < -0.3 is 5.73 Å². The van der Waals surface area contributed by atoms with E-state index in [0.29, 0.717) is 0 Å². The first-order valence-corrected chi connectivity index (χ1v) is 4.17. The topological polar surface area (TPSA) is 69.2 Å². The maximum absolute atomic E-state index is 12.5. The molecule has 0 atom stereocenters. The van der Waals surface area contributed by atoms with E-state index in [2.05, 4.69) is 0 Å². The number of nitrogens with zero attached hydrogens (tertiary/aromatic N) is 1. The predicted octanol–water partition coefficient (Wildman–Crippen LogP) is 3.21. The van der Waals surface area contributed by atoms with Gasteiger partial charge in [0.15, 0.2) is 5.56 Å².